The molecule has 2 N–H and O–H groups in total. The Balaban J connectivity index is 2.25. The van der Waals surface area contributed by atoms with Gasteiger partial charge < -0.3 is 19.9 Å². The van der Waals surface area contributed by atoms with Crippen LogP contribution < -0.4 is 10.1 Å². The average molecular weight is 237 g/mol. The second-order valence-electron chi connectivity index (χ2n) is 3.56. The maximum atomic E-state index is 11.0. The molecule has 1 saturated heterocycles. The predicted octanol–water partition coefficient (Wildman–Crippen LogP) is 0.929. The van der Waals surface area contributed by atoms with Crippen LogP contribution in [0.25, 0.3) is 0 Å². The highest BCUT2D eigenvalue weighted by atomic mass is 16.6. The van der Waals surface area contributed by atoms with Gasteiger partial charge in [0.1, 0.15) is 11.8 Å². The Bertz CT molecular complexity index is 442. The third kappa shape index (κ3) is 2.15. The number of rotatable bonds is 3. The van der Waals surface area contributed by atoms with E-state index in [0.717, 1.165) is 0 Å². The number of amides is 1. The zero-order chi connectivity index (χ0) is 12.4. The summed E-state index contributed by atoms with van der Waals surface area (Å²) in [6.45, 7) is 0. The number of carboxylic acids is 1. The molecular formula is C11H11NO5. The zero-order valence-corrected chi connectivity index (χ0v) is 9.04. The SMILES string of the molecule is COc1ccc([C@H]2NC(=O)O[C@H]2C(=O)O)cc1. The average Bonchev–Trinajstić information content (AvgIpc) is 2.72. The maximum absolute atomic E-state index is 11.0. The van der Waals surface area contributed by atoms with Gasteiger partial charge in [0.2, 0.25) is 6.10 Å². The van der Waals surface area contributed by atoms with E-state index in [9.17, 15) is 9.59 Å². The lowest BCUT2D eigenvalue weighted by atomic mass is 10.0. The predicted molar refractivity (Wildman–Crippen MR) is 56.8 cm³/mol. The minimum absolute atomic E-state index is 0.657. The summed E-state index contributed by atoms with van der Waals surface area (Å²) in [5.74, 6) is -0.518. The van der Waals surface area contributed by atoms with E-state index in [4.69, 9.17) is 9.84 Å². The van der Waals surface area contributed by atoms with Crippen LogP contribution in [0.1, 0.15) is 11.6 Å². The standard InChI is InChI=1S/C11H11NO5/c1-16-7-4-2-6(3-5-7)8-9(10(13)14)17-11(15)12-8/h2-5,8-9H,1H3,(H,12,15)(H,13,14)/t8-,9-/m1/s1. The van der Waals surface area contributed by atoms with Crippen LogP contribution in [-0.2, 0) is 9.53 Å². The summed E-state index contributed by atoms with van der Waals surface area (Å²) in [4.78, 5) is 22.0. The Kier molecular flexibility index (Phi) is 2.86. The molecule has 90 valence electrons. The van der Waals surface area contributed by atoms with Crippen LogP contribution in [0.3, 0.4) is 0 Å². The number of carboxylic acid groups (broad SMARTS) is 1. The molecule has 0 unspecified atom stereocenters. The first-order valence-electron chi connectivity index (χ1n) is 4.95. The first-order valence-corrected chi connectivity index (χ1v) is 4.95. The third-order valence-electron chi connectivity index (χ3n) is 2.53. The van der Waals surface area contributed by atoms with Crippen molar-refractivity contribution in [1.82, 2.24) is 5.32 Å². The molecule has 2 atom stereocenters. The molecule has 0 radical (unpaired) electrons. The summed E-state index contributed by atoms with van der Waals surface area (Å²) < 4.78 is 9.66. The fourth-order valence-electron chi connectivity index (χ4n) is 1.68. The molecule has 6 nitrogen and oxygen atoms in total. The highest BCUT2D eigenvalue weighted by Gasteiger charge is 2.40. The first-order chi connectivity index (χ1) is 8.11. The van der Waals surface area contributed by atoms with Crippen LogP contribution in [0.15, 0.2) is 24.3 Å². The summed E-state index contributed by atoms with van der Waals surface area (Å²) in [5, 5.41) is 11.4. The molecule has 2 rings (SSSR count). The largest absolute Gasteiger partial charge is 0.497 e. The van der Waals surface area contributed by atoms with Crippen molar-refractivity contribution in [3.8, 4) is 5.75 Å². The van der Waals surface area contributed by atoms with Crippen molar-refractivity contribution in [1.29, 1.82) is 0 Å². The lowest BCUT2D eigenvalue weighted by Crippen LogP contribution is -2.28. The molecule has 0 aromatic heterocycles. The molecule has 6 heteroatoms. The third-order valence-corrected chi connectivity index (χ3v) is 2.53. The van der Waals surface area contributed by atoms with Crippen LogP contribution in [0.2, 0.25) is 0 Å². The van der Waals surface area contributed by atoms with Crippen LogP contribution in [0.5, 0.6) is 5.75 Å². The molecule has 0 bridgehead atoms. The van der Waals surface area contributed by atoms with Gasteiger partial charge >= 0.3 is 12.1 Å². The molecular weight excluding hydrogens is 226 g/mol. The Hall–Kier alpha value is -2.24. The molecule has 1 aliphatic rings. The van der Waals surface area contributed by atoms with E-state index in [1.807, 2.05) is 0 Å². The van der Waals surface area contributed by atoms with Gasteiger partial charge in [-0.1, -0.05) is 12.1 Å². The monoisotopic (exact) mass is 237 g/mol. The van der Waals surface area contributed by atoms with E-state index in [-0.39, 0.29) is 0 Å². The maximum Gasteiger partial charge on any atom is 0.408 e. The minimum atomic E-state index is -1.20. The molecule has 1 aliphatic heterocycles. The minimum Gasteiger partial charge on any atom is -0.497 e. The number of benzene rings is 1. The van der Waals surface area contributed by atoms with Gasteiger partial charge in [-0.2, -0.15) is 0 Å². The van der Waals surface area contributed by atoms with Crippen molar-refractivity contribution in [2.75, 3.05) is 7.11 Å². The highest BCUT2D eigenvalue weighted by Crippen LogP contribution is 2.26. The van der Waals surface area contributed by atoms with Crippen molar-refractivity contribution in [3.63, 3.8) is 0 Å². The number of carbonyl (C=O) groups excluding carboxylic acids is 1. The van der Waals surface area contributed by atoms with Crippen LogP contribution in [-0.4, -0.2) is 30.4 Å². The fraction of sp³-hybridized carbons (Fsp3) is 0.273. The Morgan fingerprint density at radius 1 is 1.41 bits per heavy atom. The number of cyclic esters (lactones) is 1. The number of aliphatic carboxylic acids is 1. The molecule has 1 aromatic carbocycles. The van der Waals surface area contributed by atoms with E-state index in [0.29, 0.717) is 11.3 Å². The first kappa shape index (κ1) is 11.3. The van der Waals surface area contributed by atoms with Crippen molar-refractivity contribution >= 4 is 12.1 Å². The van der Waals surface area contributed by atoms with Crippen LogP contribution >= 0.6 is 0 Å². The summed E-state index contributed by atoms with van der Waals surface area (Å²) in [7, 11) is 1.54. The molecule has 1 heterocycles. The quantitative estimate of drug-likeness (QED) is 0.816. The molecule has 0 spiro atoms. The van der Waals surface area contributed by atoms with Gasteiger partial charge in [0.25, 0.3) is 0 Å². The number of hydrogen-bond donors (Lipinski definition) is 2. The van der Waals surface area contributed by atoms with Gasteiger partial charge in [-0.25, -0.2) is 9.59 Å². The van der Waals surface area contributed by atoms with Crippen molar-refractivity contribution in [3.05, 3.63) is 29.8 Å². The van der Waals surface area contributed by atoms with E-state index >= 15 is 0 Å². The molecule has 0 aliphatic carbocycles. The zero-order valence-electron chi connectivity index (χ0n) is 9.04. The molecule has 0 saturated carbocycles. The van der Waals surface area contributed by atoms with E-state index in [2.05, 4.69) is 10.1 Å². The van der Waals surface area contributed by atoms with Gasteiger partial charge in [-0.05, 0) is 17.7 Å². The number of ether oxygens (including phenoxy) is 2. The number of alkyl carbamates (subject to hydrolysis) is 1. The molecule has 1 amide bonds. The number of methoxy groups -OCH3 is 1. The van der Waals surface area contributed by atoms with Gasteiger partial charge in [-0.15, -0.1) is 0 Å². The number of carbonyl (C=O) groups is 2. The van der Waals surface area contributed by atoms with Gasteiger partial charge in [0.15, 0.2) is 0 Å². The van der Waals surface area contributed by atoms with Gasteiger partial charge in [0, 0.05) is 0 Å². The second kappa shape index (κ2) is 4.32. The van der Waals surface area contributed by atoms with Crippen LogP contribution in [0, 0.1) is 0 Å². The summed E-state index contributed by atoms with van der Waals surface area (Å²) in [6.07, 6.45) is -1.92. The van der Waals surface area contributed by atoms with E-state index < -0.39 is 24.2 Å². The normalized spacial score (nSPS) is 22.8. The Morgan fingerprint density at radius 3 is 2.59 bits per heavy atom. The van der Waals surface area contributed by atoms with Crippen LogP contribution in [0.4, 0.5) is 4.79 Å². The summed E-state index contributed by atoms with van der Waals surface area (Å²) >= 11 is 0. The fourth-order valence-corrected chi connectivity index (χ4v) is 1.68. The number of nitrogens with one attached hydrogen (secondary N) is 1. The summed E-state index contributed by atoms with van der Waals surface area (Å²) in [5.41, 5.74) is 0.657. The van der Waals surface area contributed by atoms with E-state index in [1.54, 1.807) is 24.3 Å². The Morgan fingerprint density at radius 2 is 2.06 bits per heavy atom. The molecule has 1 aromatic rings. The lowest BCUT2D eigenvalue weighted by Gasteiger charge is -2.13. The summed E-state index contributed by atoms with van der Waals surface area (Å²) in [6, 6.07) is 6.09. The topological polar surface area (TPSA) is 84.9 Å². The molecule has 17 heavy (non-hydrogen) atoms. The van der Waals surface area contributed by atoms with Gasteiger partial charge in [0.05, 0.1) is 7.11 Å². The Labute approximate surface area is 97.1 Å². The lowest BCUT2D eigenvalue weighted by molar-refractivity contribution is -0.146. The smallest absolute Gasteiger partial charge is 0.408 e. The van der Waals surface area contributed by atoms with Crippen molar-refractivity contribution < 1.29 is 24.2 Å². The van der Waals surface area contributed by atoms with Crippen molar-refractivity contribution in [2.24, 2.45) is 0 Å². The highest BCUT2D eigenvalue weighted by molar-refractivity contribution is 5.82. The second-order valence-corrected chi connectivity index (χ2v) is 3.56. The van der Waals surface area contributed by atoms with Gasteiger partial charge in [-0.3, -0.25) is 0 Å². The number of hydrogen-bond acceptors (Lipinski definition) is 4. The molecule has 1 fully saturated rings. The van der Waals surface area contributed by atoms with E-state index in [1.165, 1.54) is 7.11 Å². The van der Waals surface area contributed by atoms with Crippen molar-refractivity contribution in [2.45, 2.75) is 12.1 Å².